The second kappa shape index (κ2) is 9.83. The summed E-state index contributed by atoms with van der Waals surface area (Å²) in [7, 11) is 0. The summed E-state index contributed by atoms with van der Waals surface area (Å²) in [5.41, 5.74) is 2.85. The maximum atomic E-state index is 12.3. The third-order valence-electron chi connectivity index (χ3n) is 5.72. The van der Waals surface area contributed by atoms with Gasteiger partial charge >= 0.3 is 6.18 Å². The van der Waals surface area contributed by atoms with Crippen molar-refractivity contribution in [2.45, 2.75) is 50.1 Å². The van der Waals surface area contributed by atoms with Gasteiger partial charge in [0.25, 0.3) is 5.56 Å². The molecule has 1 aromatic carbocycles. The molecular weight excluding hydrogens is 437 g/mol. The molecule has 9 heteroatoms. The van der Waals surface area contributed by atoms with Crippen LogP contribution in [0.3, 0.4) is 0 Å². The predicted molar refractivity (Wildman–Crippen MR) is 117 cm³/mol. The summed E-state index contributed by atoms with van der Waals surface area (Å²) < 4.78 is 43.1. The number of benzene rings is 1. The lowest BCUT2D eigenvalue weighted by Crippen LogP contribution is -2.39. The van der Waals surface area contributed by atoms with Crippen LogP contribution in [-0.2, 0) is 12.2 Å². The maximum absolute atomic E-state index is 12.3. The number of likely N-dealkylation sites (tertiary alicyclic amines) is 1. The van der Waals surface area contributed by atoms with Crippen LogP contribution in [0.15, 0.2) is 23.0 Å². The van der Waals surface area contributed by atoms with Crippen molar-refractivity contribution < 1.29 is 17.9 Å². The average Bonchev–Trinajstić information content (AvgIpc) is 2.69. The van der Waals surface area contributed by atoms with Crippen LogP contribution in [0.2, 0.25) is 0 Å². The van der Waals surface area contributed by atoms with E-state index >= 15 is 0 Å². The number of halogens is 4. The lowest BCUT2D eigenvalue weighted by atomic mass is 10.0. The number of aryl methyl sites for hydroxylation is 1. The number of rotatable bonds is 5. The number of fused-ring (bicyclic) bond motifs is 3. The second-order valence-corrected chi connectivity index (χ2v) is 8.90. The van der Waals surface area contributed by atoms with Crippen LogP contribution in [0.25, 0.3) is 10.9 Å². The summed E-state index contributed by atoms with van der Waals surface area (Å²) in [4.78, 5) is 17.3. The van der Waals surface area contributed by atoms with Gasteiger partial charge in [-0.05, 0) is 61.7 Å². The molecule has 0 bridgehead atoms. The van der Waals surface area contributed by atoms with Gasteiger partial charge < -0.3 is 14.6 Å². The molecule has 3 heterocycles. The molecule has 4 rings (SSSR count). The molecule has 0 amide bonds. The number of thioether (sulfide) groups is 1. The van der Waals surface area contributed by atoms with E-state index in [2.05, 4.69) is 9.88 Å². The quantitative estimate of drug-likeness (QED) is 0.684. The monoisotopic (exact) mass is 462 g/mol. The van der Waals surface area contributed by atoms with E-state index in [1.54, 1.807) is 11.8 Å². The second-order valence-electron chi connectivity index (χ2n) is 7.80. The molecule has 2 aliphatic rings. The van der Waals surface area contributed by atoms with Crippen molar-refractivity contribution in [3.05, 3.63) is 39.7 Å². The molecule has 2 aromatic rings. The largest absolute Gasteiger partial charge is 0.490 e. The van der Waals surface area contributed by atoms with Gasteiger partial charge in [-0.1, -0.05) is 0 Å². The molecule has 166 valence electrons. The Balaban J connectivity index is 0.00000256. The summed E-state index contributed by atoms with van der Waals surface area (Å²) in [5.74, 6) is 2.56. The van der Waals surface area contributed by atoms with Crippen molar-refractivity contribution in [3.8, 4) is 5.75 Å². The Labute approximate surface area is 184 Å². The molecule has 1 saturated heterocycles. The Morgan fingerprint density at radius 2 is 1.97 bits per heavy atom. The Morgan fingerprint density at radius 1 is 1.20 bits per heavy atom. The molecule has 0 unspecified atom stereocenters. The molecule has 1 N–H and O–H groups in total. The lowest BCUT2D eigenvalue weighted by molar-refractivity contribution is -0.136. The highest BCUT2D eigenvalue weighted by molar-refractivity contribution is 7.98. The lowest BCUT2D eigenvalue weighted by Gasteiger charge is -2.32. The standard InChI is InChI=1S/C21H25F3N2O2S.ClH/c22-21(23,24)7-1-8-26-9-4-14(5-10-26)28-15-2-3-19-17(12-15)16-6-11-29-13-18(16)20(27)25-19;/h2-3,12,14H,1,4-11,13H2,(H,25,27);1H. The van der Waals surface area contributed by atoms with Crippen LogP contribution < -0.4 is 10.3 Å². The zero-order valence-electron chi connectivity index (χ0n) is 16.6. The smallest absolute Gasteiger partial charge is 0.389 e. The number of pyridine rings is 1. The summed E-state index contributed by atoms with van der Waals surface area (Å²) >= 11 is 1.78. The number of piperidine rings is 1. The van der Waals surface area contributed by atoms with E-state index in [4.69, 9.17) is 4.74 Å². The first kappa shape index (κ1) is 23.3. The average molecular weight is 463 g/mol. The first-order valence-electron chi connectivity index (χ1n) is 10.1. The molecule has 0 saturated carbocycles. The number of ether oxygens (including phenoxy) is 1. The van der Waals surface area contributed by atoms with E-state index in [9.17, 15) is 18.0 Å². The van der Waals surface area contributed by atoms with Crippen LogP contribution in [-0.4, -0.2) is 47.6 Å². The molecular formula is C21H26ClF3N2O2S. The number of H-pyrrole nitrogens is 1. The molecule has 1 aromatic heterocycles. The molecule has 4 nitrogen and oxygen atoms in total. The van der Waals surface area contributed by atoms with Gasteiger partial charge in [0.1, 0.15) is 11.9 Å². The highest BCUT2D eigenvalue weighted by atomic mass is 35.5. The van der Waals surface area contributed by atoms with Crippen molar-refractivity contribution in [2.24, 2.45) is 0 Å². The summed E-state index contributed by atoms with van der Waals surface area (Å²) in [6.07, 6.45) is -2.05. The zero-order valence-corrected chi connectivity index (χ0v) is 18.2. The molecule has 1 fully saturated rings. The Hall–Kier alpha value is -1.38. The summed E-state index contributed by atoms with van der Waals surface area (Å²) in [6.45, 7) is 2.01. The van der Waals surface area contributed by atoms with E-state index in [1.807, 2.05) is 18.2 Å². The van der Waals surface area contributed by atoms with Crippen LogP contribution in [0.1, 0.15) is 36.8 Å². The van der Waals surface area contributed by atoms with E-state index < -0.39 is 12.6 Å². The van der Waals surface area contributed by atoms with Gasteiger partial charge in [-0.25, -0.2) is 0 Å². The predicted octanol–water partition coefficient (Wildman–Crippen LogP) is 4.92. The SMILES string of the molecule is Cl.O=c1[nH]c2ccc(OC3CCN(CCCC(F)(F)F)CC3)cc2c2c1CSCC2. The Kier molecular flexibility index (Phi) is 7.63. The third-order valence-corrected chi connectivity index (χ3v) is 6.70. The van der Waals surface area contributed by atoms with E-state index in [-0.39, 0.29) is 30.5 Å². The minimum absolute atomic E-state index is 0. The topological polar surface area (TPSA) is 45.3 Å². The van der Waals surface area contributed by atoms with Gasteiger partial charge in [0, 0.05) is 41.7 Å². The fourth-order valence-corrected chi connectivity index (χ4v) is 5.19. The molecule has 30 heavy (non-hydrogen) atoms. The van der Waals surface area contributed by atoms with Gasteiger partial charge in [-0.15, -0.1) is 12.4 Å². The van der Waals surface area contributed by atoms with Gasteiger partial charge in [-0.3, -0.25) is 4.79 Å². The van der Waals surface area contributed by atoms with Crippen molar-refractivity contribution in [3.63, 3.8) is 0 Å². The highest BCUT2D eigenvalue weighted by Gasteiger charge is 2.27. The van der Waals surface area contributed by atoms with Crippen LogP contribution >= 0.6 is 24.2 Å². The Morgan fingerprint density at radius 3 is 2.70 bits per heavy atom. The molecule has 0 atom stereocenters. The fraction of sp³-hybridized carbons (Fsp3) is 0.571. The summed E-state index contributed by atoms with van der Waals surface area (Å²) in [5, 5.41) is 1.06. The van der Waals surface area contributed by atoms with Gasteiger partial charge in [0.15, 0.2) is 0 Å². The van der Waals surface area contributed by atoms with Crippen LogP contribution in [0.4, 0.5) is 13.2 Å². The number of aromatic amines is 1. The van der Waals surface area contributed by atoms with E-state index in [0.29, 0.717) is 6.54 Å². The number of aromatic nitrogens is 1. The molecule has 0 aliphatic carbocycles. The summed E-state index contributed by atoms with van der Waals surface area (Å²) in [6, 6.07) is 5.81. The Bertz CT molecular complexity index is 927. The van der Waals surface area contributed by atoms with E-state index in [1.165, 1.54) is 0 Å². The van der Waals surface area contributed by atoms with Gasteiger partial charge in [0.05, 0.1) is 0 Å². The molecule has 2 aliphatic heterocycles. The van der Waals surface area contributed by atoms with Crippen LogP contribution in [0, 0.1) is 0 Å². The van der Waals surface area contributed by atoms with Crippen molar-refractivity contribution in [1.29, 1.82) is 0 Å². The zero-order chi connectivity index (χ0) is 20.4. The van der Waals surface area contributed by atoms with Crippen molar-refractivity contribution in [2.75, 3.05) is 25.4 Å². The first-order chi connectivity index (χ1) is 13.9. The van der Waals surface area contributed by atoms with Gasteiger partial charge in [-0.2, -0.15) is 24.9 Å². The molecule has 0 radical (unpaired) electrons. The van der Waals surface area contributed by atoms with Crippen molar-refractivity contribution >= 4 is 35.1 Å². The highest BCUT2D eigenvalue weighted by Crippen LogP contribution is 2.31. The number of hydrogen-bond donors (Lipinski definition) is 1. The maximum Gasteiger partial charge on any atom is 0.389 e. The molecule has 0 spiro atoms. The minimum atomic E-state index is -4.07. The number of nitrogens with one attached hydrogen (secondary N) is 1. The van der Waals surface area contributed by atoms with Crippen molar-refractivity contribution in [1.82, 2.24) is 9.88 Å². The third kappa shape index (κ3) is 5.65. The minimum Gasteiger partial charge on any atom is -0.490 e. The number of nitrogens with zero attached hydrogens (tertiary/aromatic N) is 1. The van der Waals surface area contributed by atoms with E-state index in [0.717, 1.165) is 71.6 Å². The van der Waals surface area contributed by atoms with Crippen LogP contribution in [0.5, 0.6) is 5.75 Å². The van der Waals surface area contributed by atoms with Gasteiger partial charge in [0.2, 0.25) is 0 Å². The fourth-order valence-electron chi connectivity index (χ4n) is 4.19. The number of hydrogen-bond acceptors (Lipinski definition) is 4. The number of alkyl halides is 3. The first-order valence-corrected chi connectivity index (χ1v) is 11.3. The normalized spacial score (nSPS) is 18.1.